The molecule has 0 aliphatic carbocycles. The second kappa shape index (κ2) is 7.13. The zero-order valence-corrected chi connectivity index (χ0v) is 13.0. The van der Waals surface area contributed by atoms with Crippen molar-refractivity contribution in [1.82, 2.24) is 10.2 Å². The van der Waals surface area contributed by atoms with Gasteiger partial charge in [0.15, 0.2) is 0 Å². The van der Waals surface area contributed by atoms with Gasteiger partial charge in [-0.25, -0.2) is 4.79 Å². The number of carbonyl (C=O) groups is 2. The van der Waals surface area contributed by atoms with Gasteiger partial charge >= 0.3 is 6.03 Å². The standard InChI is InChI=1S/C18H21N3O2/c22-17-7-3-11-21(17)12-4-10-19-18(23)20-16-9-8-14-5-1-2-6-15(14)13-16/h1-2,5-6,8-9,13H,3-4,7,10-12H2,(H2,19,20,23). The molecular weight excluding hydrogens is 290 g/mol. The van der Waals surface area contributed by atoms with E-state index >= 15 is 0 Å². The lowest BCUT2D eigenvalue weighted by atomic mass is 10.1. The highest BCUT2D eigenvalue weighted by Crippen LogP contribution is 2.18. The molecule has 0 radical (unpaired) electrons. The van der Waals surface area contributed by atoms with E-state index in [1.165, 1.54) is 0 Å². The molecule has 23 heavy (non-hydrogen) atoms. The molecule has 3 amide bonds. The van der Waals surface area contributed by atoms with Crippen molar-refractivity contribution in [3.8, 4) is 0 Å². The number of hydrogen-bond donors (Lipinski definition) is 2. The van der Waals surface area contributed by atoms with E-state index in [0.717, 1.165) is 42.4 Å². The molecular formula is C18H21N3O2. The summed E-state index contributed by atoms with van der Waals surface area (Å²) in [6, 6.07) is 13.7. The van der Waals surface area contributed by atoms with Crippen molar-refractivity contribution in [3.05, 3.63) is 42.5 Å². The number of rotatable bonds is 5. The zero-order valence-electron chi connectivity index (χ0n) is 13.0. The van der Waals surface area contributed by atoms with Crippen LogP contribution in [0.2, 0.25) is 0 Å². The molecule has 1 heterocycles. The average Bonchev–Trinajstić information content (AvgIpc) is 2.97. The van der Waals surface area contributed by atoms with E-state index in [-0.39, 0.29) is 11.9 Å². The molecule has 2 aromatic rings. The summed E-state index contributed by atoms with van der Waals surface area (Å²) >= 11 is 0. The van der Waals surface area contributed by atoms with E-state index in [0.29, 0.717) is 13.0 Å². The first-order valence-electron chi connectivity index (χ1n) is 8.04. The lowest BCUT2D eigenvalue weighted by molar-refractivity contribution is -0.127. The number of urea groups is 1. The van der Waals surface area contributed by atoms with E-state index in [9.17, 15) is 9.59 Å². The van der Waals surface area contributed by atoms with Crippen LogP contribution in [0.5, 0.6) is 0 Å². The maximum Gasteiger partial charge on any atom is 0.319 e. The van der Waals surface area contributed by atoms with Gasteiger partial charge in [0.1, 0.15) is 0 Å². The van der Waals surface area contributed by atoms with Gasteiger partial charge in [-0.2, -0.15) is 0 Å². The fraction of sp³-hybridized carbons (Fsp3) is 0.333. The lowest BCUT2D eigenvalue weighted by Gasteiger charge is -2.15. The van der Waals surface area contributed by atoms with Crippen molar-refractivity contribution in [3.63, 3.8) is 0 Å². The van der Waals surface area contributed by atoms with Crippen LogP contribution in [0, 0.1) is 0 Å². The summed E-state index contributed by atoms with van der Waals surface area (Å²) in [4.78, 5) is 25.2. The first kappa shape index (κ1) is 15.3. The lowest BCUT2D eigenvalue weighted by Crippen LogP contribution is -2.32. The minimum atomic E-state index is -0.215. The quantitative estimate of drug-likeness (QED) is 0.834. The number of hydrogen-bond acceptors (Lipinski definition) is 2. The molecule has 2 aromatic carbocycles. The minimum absolute atomic E-state index is 0.215. The van der Waals surface area contributed by atoms with Gasteiger partial charge in [-0.05, 0) is 35.7 Å². The van der Waals surface area contributed by atoms with Crippen LogP contribution in [0.3, 0.4) is 0 Å². The molecule has 5 nitrogen and oxygen atoms in total. The van der Waals surface area contributed by atoms with E-state index in [1.807, 2.05) is 47.4 Å². The second-order valence-electron chi connectivity index (χ2n) is 5.78. The molecule has 1 fully saturated rings. The molecule has 0 saturated carbocycles. The third kappa shape index (κ3) is 4.00. The van der Waals surface area contributed by atoms with Crippen LogP contribution in [0.25, 0.3) is 10.8 Å². The van der Waals surface area contributed by atoms with Crippen molar-refractivity contribution < 1.29 is 9.59 Å². The highest BCUT2D eigenvalue weighted by Gasteiger charge is 2.18. The van der Waals surface area contributed by atoms with E-state index < -0.39 is 0 Å². The number of carbonyl (C=O) groups excluding carboxylic acids is 2. The third-order valence-electron chi connectivity index (χ3n) is 4.07. The Hall–Kier alpha value is -2.56. The van der Waals surface area contributed by atoms with Gasteiger partial charge in [0.2, 0.25) is 5.91 Å². The van der Waals surface area contributed by atoms with E-state index in [4.69, 9.17) is 0 Å². The Balaban J connectivity index is 1.44. The van der Waals surface area contributed by atoms with E-state index in [2.05, 4.69) is 10.6 Å². The van der Waals surface area contributed by atoms with Gasteiger partial charge in [0.25, 0.3) is 0 Å². The number of likely N-dealkylation sites (tertiary alicyclic amines) is 1. The van der Waals surface area contributed by atoms with Crippen LogP contribution in [0.1, 0.15) is 19.3 Å². The Morgan fingerprint density at radius 2 is 1.96 bits per heavy atom. The first-order valence-corrected chi connectivity index (χ1v) is 8.04. The maximum absolute atomic E-state index is 11.9. The average molecular weight is 311 g/mol. The monoisotopic (exact) mass is 311 g/mol. The van der Waals surface area contributed by atoms with Crippen LogP contribution < -0.4 is 10.6 Å². The molecule has 120 valence electrons. The molecule has 3 rings (SSSR count). The smallest absolute Gasteiger partial charge is 0.319 e. The molecule has 0 bridgehead atoms. The molecule has 1 aliphatic heterocycles. The predicted octanol–water partition coefficient (Wildman–Crippen LogP) is 2.97. The molecule has 0 unspecified atom stereocenters. The molecule has 1 aliphatic rings. The van der Waals surface area contributed by atoms with Gasteiger partial charge < -0.3 is 15.5 Å². The summed E-state index contributed by atoms with van der Waals surface area (Å²) in [5.41, 5.74) is 0.774. The van der Waals surface area contributed by atoms with Crippen LogP contribution in [-0.4, -0.2) is 36.5 Å². The molecule has 2 N–H and O–H groups in total. The topological polar surface area (TPSA) is 61.4 Å². The summed E-state index contributed by atoms with van der Waals surface area (Å²) in [6.45, 7) is 2.13. The fourth-order valence-electron chi connectivity index (χ4n) is 2.85. The van der Waals surface area contributed by atoms with Gasteiger partial charge in [-0.1, -0.05) is 30.3 Å². The van der Waals surface area contributed by atoms with Crippen LogP contribution in [-0.2, 0) is 4.79 Å². The summed E-state index contributed by atoms with van der Waals surface area (Å²) in [5.74, 6) is 0.227. The normalized spacial score (nSPS) is 14.3. The highest BCUT2D eigenvalue weighted by atomic mass is 16.2. The van der Waals surface area contributed by atoms with E-state index in [1.54, 1.807) is 0 Å². The molecule has 0 aromatic heterocycles. The van der Waals surface area contributed by atoms with Crippen molar-refractivity contribution in [1.29, 1.82) is 0 Å². The summed E-state index contributed by atoms with van der Waals surface area (Å²) < 4.78 is 0. The Labute approximate surface area is 135 Å². The molecule has 0 atom stereocenters. The van der Waals surface area contributed by atoms with Gasteiger partial charge in [-0.15, -0.1) is 0 Å². The predicted molar refractivity (Wildman–Crippen MR) is 91.4 cm³/mol. The zero-order chi connectivity index (χ0) is 16.1. The second-order valence-corrected chi connectivity index (χ2v) is 5.78. The first-order chi connectivity index (χ1) is 11.2. The summed E-state index contributed by atoms with van der Waals surface area (Å²) in [6.07, 6.45) is 2.39. The van der Waals surface area contributed by atoms with Gasteiger partial charge in [0, 0.05) is 31.7 Å². The Kier molecular flexibility index (Phi) is 4.76. The number of nitrogens with one attached hydrogen (secondary N) is 2. The van der Waals surface area contributed by atoms with Crippen molar-refractivity contribution in [2.75, 3.05) is 25.0 Å². The SMILES string of the molecule is O=C(NCCCN1CCCC1=O)Nc1ccc2ccccc2c1. The Morgan fingerprint density at radius 3 is 2.74 bits per heavy atom. The Morgan fingerprint density at radius 1 is 1.13 bits per heavy atom. The van der Waals surface area contributed by atoms with Crippen molar-refractivity contribution >= 4 is 28.4 Å². The number of amides is 3. The molecule has 5 heteroatoms. The van der Waals surface area contributed by atoms with Gasteiger partial charge in [0.05, 0.1) is 0 Å². The number of fused-ring (bicyclic) bond motifs is 1. The van der Waals surface area contributed by atoms with Gasteiger partial charge in [-0.3, -0.25) is 4.79 Å². The molecule has 0 spiro atoms. The highest BCUT2D eigenvalue weighted by molar-refractivity contribution is 5.93. The maximum atomic E-state index is 11.9. The largest absolute Gasteiger partial charge is 0.343 e. The summed E-state index contributed by atoms with van der Waals surface area (Å²) in [5, 5.41) is 7.91. The van der Waals surface area contributed by atoms with Crippen molar-refractivity contribution in [2.45, 2.75) is 19.3 Å². The third-order valence-corrected chi connectivity index (χ3v) is 4.07. The Bertz CT molecular complexity index is 714. The fourth-order valence-corrected chi connectivity index (χ4v) is 2.85. The van der Waals surface area contributed by atoms with Crippen molar-refractivity contribution in [2.24, 2.45) is 0 Å². The molecule has 1 saturated heterocycles. The number of anilines is 1. The van der Waals surface area contributed by atoms with Crippen LogP contribution >= 0.6 is 0 Å². The minimum Gasteiger partial charge on any atom is -0.343 e. The van der Waals surface area contributed by atoms with Crippen LogP contribution in [0.4, 0.5) is 10.5 Å². The van der Waals surface area contributed by atoms with Crippen LogP contribution in [0.15, 0.2) is 42.5 Å². The number of nitrogens with zero attached hydrogens (tertiary/aromatic N) is 1. The summed E-state index contributed by atoms with van der Waals surface area (Å²) in [7, 11) is 0. The number of benzene rings is 2.